The first-order valence-corrected chi connectivity index (χ1v) is 9.39. The molecule has 5 heteroatoms. The summed E-state index contributed by atoms with van der Waals surface area (Å²) in [7, 11) is 0. The highest BCUT2D eigenvalue weighted by molar-refractivity contribution is 7.97. The molecule has 3 saturated heterocycles. The van der Waals surface area contributed by atoms with Gasteiger partial charge in [0.15, 0.2) is 0 Å². The quantitative estimate of drug-likeness (QED) is 0.807. The van der Waals surface area contributed by atoms with Crippen LogP contribution in [0.1, 0.15) is 39.5 Å². The van der Waals surface area contributed by atoms with Gasteiger partial charge in [-0.15, -0.1) is 0 Å². The zero-order chi connectivity index (χ0) is 14.9. The second-order valence-corrected chi connectivity index (χ2v) is 9.16. The van der Waals surface area contributed by atoms with Gasteiger partial charge in [-0.2, -0.15) is 0 Å². The van der Waals surface area contributed by atoms with E-state index in [1.165, 1.54) is 45.4 Å². The van der Waals surface area contributed by atoms with E-state index in [0.717, 1.165) is 19.6 Å². The van der Waals surface area contributed by atoms with Crippen LogP contribution in [-0.4, -0.2) is 65.9 Å². The van der Waals surface area contributed by atoms with Crippen LogP contribution < -0.4 is 5.73 Å². The van der Waals surface area contributed by atoms with Gasteiger partial charge in [0.05, 0.1) is 13.2 Å². The largest absolute Gasteiger partial charge is 0.378 e. The van der Waals surface area contributed by atoms with Gasteiger partial charge in [-0.1, -0.05) is 25.8 Å². The molecule has 0 aromatic heterocycles. The number of nitrogens with zero attached hydrogens (tertiary/aromatic N) is 2. The number of ether oxygens (including phenoxy) is 1. The normalized spacial score (nSPS) is 34.9. The van der Waals surface area contributed by atoms with E-state index in [1.54, 1.807) is 0 Å². The van der Waals surface area contributed by atoms with Gasteiger partial charge in [0.1, 0.15) is 0 Å². The average Bonchev–Trinajstić information content (AvgIpc) is 2.81. The second kappa shape index (κ2) is 6.75. The topological polar surface area (TPSA) is 41.7 Å². The number of piperidine rings is 1. The molecule has 2 unspecified atom stereocenters. The van der Waals surface area contributed by atoms with Gasteiger partial charge in [0.2, 0.25) is 0 Å². The van der Waals surface area contributed by atoms with E-state index in [1.807, 2.05) is 11.9 Å². The van der Waals surface area contributed by atoms with Crippen LogP contribution >= 0.6 is 11.9 Å². The molecule has 0 aliphatic carbocycles. The molecule has 3 rings (SSSR count). The first-order chi connectivity index (χ1) is 10.1. The molecule has 1 spiro atoms. The molecule has 0 bridgehead atoms. The van der Waals surface area contributed by atoms with Gasteiger partial charge in [-0.25, -0.2) is 4.31 Å². The Bertz CT molecular complexity index is 344. The van der Waals surface area contributed by atoms with Crippen molar-refractivity contribution in [3.63, 3.8) is 0 Å². The molecule has 3 fully saturated rings. The fourth-order valence-corrected chi connectivity index (χ4v) is 5.29. The molecule has 4 nitrogen and oxygen atoms in total. The summed E-state index contributed by atoms with van der Waals surface area (Å²) < 4.78 is 8.26. The first-order valence-electron chi connectivity index (χ1n) is 8.55. The van der Waals surface area contributed by atoms with Crippen molar-refractivity contribution in [2.45, 2.75) is 56.9 Å². The molecule has 3 aliphatic heterocycles. The van der Waals surface area contributed by atoms with Crippen molar-refractivity contribution in [1.82, 2.24) is 9.21 Å². The highest BCUT2D eigenvalue weighted by Gasteiger charge is 2.42. The minimum absolute atomic E-state index is 0.240. The van der Waals surface area contributed by atoms with Gasteiger partial charge in [-0.3, -0.25) is 4.90 Å². The average molecular weight is 314 g/mol. The lowest BCUT2D eigenvalue weighted by Crippen LogP contribution is -2.52. The highest BCUT2D eigenvalue weighted by Crippen LogP contribution is 2.43. The minimum atomic E-state index is 0.240. The molecule has 0 radical (unpaired) electrons. The maximum absolute atomic E-state index is 6.05. The SMILES string of the molecule is CC(C)SN1CCC2(CCN(C3COCC(N)C3)CC2)C1. The highest BCUT2D eigenvalue weighted by atomic mass is 32.2. The Hall–Kier alpha value is 0.190. The van der Waals surface area contributed by atoms with E-state index in [-0.39, 0.29) is 6.04 Å². The molecule has 0 aromatic rings. The third-order valence-electron chi connectivity index (χ3n) is 5.36. The number of hydrogen-bond donors (Lipinski definition) is 1. The van der Waals surface area contributed by atoms with Crippen LogP contribution in [0, 0.1) is 5.41 Å². The fraction of sp³-hybridized carbons (Fsp3) is 1.00. The van der Waals surface area contributed by atoms with Crippen LogP contribution in [0.2, 0.25) is 0 Å². The van der Waals surface area contributed by atoms with Crippen molar-refractivity contribution in [2.75, 3.05) is 39.4 Å². The zero-order valence-electron chi connectivity index (χ0n) is 13.6. The van der Waals surface area contributed by atoms with Crippen LogP contribution in [0.5, 0.6) is 0 Å². The summed E-state index contributed by atoms with van der Waals surface area (Å²) in [6, 6.07) is 0.803. The molecule has 122 valence electrons. The number of hydrogen-bond acceptors (Lipinski definition) is 5. The number of rotatable bonds is 3. The lowest BCUT2D eigenvalue weighted by molar-refractivity contribution is -0.0149. The first kappa shape index (κ1) is 16.1. The van der Waals surface area contributed by atoms with E-state index in [2.05, 4.69) is 23.1 Å². The predicted octanol–water partition coefficient (Wildman–Crippen LogP) is 1.95. The standard InChI is InChI=1S/C16H31N3OS/c1-13(2)21-19-8-5-16(12-19)3-6-18(7-4-16)15-9-14(17)10-20-11-15/h13-15H,3-12,17H2,1-2H3. The fourth-order valence-electron chi connectivity index (χ4n) is 4.15. The maximum Gasteiger partial charge on any atom is 0.0623 e. The monoisotopic (exact) mass is 313 g/mol. The molecular formula is C16H31N3OS. The zero-order valence-corrected chi connectivity index (χ0v) is 14.4. The molecule has 0 aromatic carbocycles. The van der Waals surface area contributed by atoms with Crippen LogP contribution in [0.4, 0.5) is 0 Å². The Labute approximate surface area is 133 Å². The summed E-state index contributed by atoms with van der Waals surface area (Å²) in [6.07, 6.45) is 5.21. The van der Waals surface area contributed by atoms with Crippen LogP contribution in [-0.2, 0) is 4.74 Å². The van der Waals surface area contributed by atoms with Crippen molar-refractivity contribution in [3.8, 4) is 0 Å². The van der Waals surface area contributed by atoms with E-state index >= 15 is 0 Å². The Morgan fingerprint density at radius 1 is 1.14 bits per heavy atom. The van der Waals surface area contributed by atoms with Crippen molar-refractivity contribution in [1.29, 1.82) is 0 Å². The predicted molar refractivity (Wildman–Crippen MR) is 89.4 cm³/mol. The number of likely N-dealkylation sites (tertiary alicyclic amines) is 1. The molecule has 0 amide bonds. The summed E-state index contributed by atoms with van der Waals surface area (Å²) in [5.41, 5.74) is 6.64. The Balaban J connectivity index is 1.49. The smallest absolute Gasteiger partial charge is 0.0623 e. The Morgan fingerprint density at radius 2 is 1.86 bits per heavy atom. The maximum atomic E-state index is 6.05. The molecule has 21 heavy (non-hydrogen) atoms. The third kappa shape index (κ3) is 3.94. The molecule has 3 aliphatic rings. The summed E-state index contributed by atoms with van der Waals surface area (Å²) >= 11 is 2.04. The van der Waals surface area contributed by atoms with E-state index < -0.39 is 0 Å². The van der Waals surface area contributed by atoms with Crippen molar-refractivity contribution in [2.24, 2.45) is 11.1 Å². The van der Waals surface area contributed by atoms with Crippen molar-refractivity contribution < 1.29 is 4.74 Å². The Kier molecular flexibility index (Phi) is 5.16. The minimum Gasteiger partial charge on any atom is -0.378 e. The molecule has 2 atom stereocenters. The van der Waals surface area contributed by atoms with Gasteiger partial charge in [0, 0.05) is 30.4 Å². The molecule has 2 N–H and O–H groups in total. The molecular weight excluding hydrogens is 282 g/mol. The van der Waals surface area contributed by atoms with E-state index in [9.17, 15) is 0 Å². The molecule has 0 saturated carbocycles. The van der Waals surface area contributed by atoms with Gasteiger partial charge in [0.25, 0.3) is 0 Å². The van der Waals surface area contributed by atoms with Crippen LogP contribution in [0.3, 0.4) is 0 Å². The summed E-state index contributed by atoms with van der Waals surface area (Å²) in [6.45, 7) is 11.3. The van der Waals surface area contributed by atoms with Crippen LogP contribution in [0.25, 0.3) is 0 Å². The molecule has 3 heterocycles. The van der Waals surface area contributed by atoms with Crippen LogP contribution in [0.15, 0.2) is 0 Å². The van der Waals surface area contributed by atoms with E-state index in [4.69, 9.17) is 10.5 Å². The summed E-state index contributed by atoms with van der Waals surface area (Å²) in [4.78, 5) is 2.64. The van der Waals surface area contributed by atoms with Gasteiger partial charge >= 0.3 is 0 Å². The van der Waals surface area contributed by atoms with Gasteiger partial charge in [-0.05, 0) is 44.2 Å². The third-order valence-corrected chi connectivity index (χ3v) is 6.39. The summed E-state index contributed by atoms with van der Waals surface area (Å²) in [5, 5.41) is 0.709. The van der Waals surface area contributed by atoms with Crippen molar-refractivity contribution >= 4 is 11.9 Å². The van der Waals surface area contributed by atoms with E-state index in [0.29, 0.717) is 16.7 Å². The summed E-state index contributed by atoms with van der Waals surface area (Å²) in [5.74, 6) is 0. The lowest BCUT2D eigenvalue weighted by Gasteiger charge is -2.44. The Morgan fingerprint density at radius 3 is 2.52 bits per heavy atom. The second-order valence-electron chi connectivity index (χ2n) is 7.49. The number of nitrogens with two attached hydrogens (primary N) is 1. The van der Waals surface area contributed by atoms with Gasteiger partial charge < -0.3 is 10.5 Å². The van der Waals surface area contributed by atoms with Crippen molar-refractivity contribution in [3.05, 3.63) is 0 Å². The lowest BCUT2D eigenvalue weighted by atomic mass is 9.77.